The standard InChI is InChI=1S/C17H28N2O4/c1-5-6-9-14(20)13-8-7-12-19(13)15(21)10-11-18-16(22)23-17(2,3)4/h5,13H,1,6-12H2,2-4H3,(H,18,22). The van der Waals surface area contributed by atoms with Crippen LogP contribution < -0.4 is 5.32 Å². The first kappa shape index (κ1) is 19.2. The third kappa shape index (κ3) is 6.84. The third-order valence-electron chi connectivity index (χ3n) is 3.55. The number of Topliss-reactive ketones (excluding diaryl/α,β-unsaturated/α-hetero) is 1. The number of alkyl carbamates (subject to hydrolysis) is 1. The molecule has 23 heavy (non-hydrogen) atoms. The first-order valence-electron chi connectivity index (χ1n) is 8.14. The van der Waals surface area contributed by atoms with E-state index in [-0.39, 0.29) is 30.7 Å². The van der Waals surface area contributed by atoms with Gasteiger partial charge in [0.1, 0.15) is 5.60 Å². The summed E-state index contributed by atoms with van der Waals surface area (Å²) < 4.78 is 5.11. The second-order valence-electron chi connectivity index (χ2n) is 6.72. The number of hydrogen-bond acceptors (Lipinski definition) is 4. The van der Waals surface area contributed by atoms with Gasteiger partial charge in [0.25, 0.3) is 0 Å². The topological polar surface area (TPSA) is 75.7 Å². The molecule has 2 amide bonds. The molecule has 1 fully saturated rings. The monoisotopic (exact) mass is 324 g/mol. The molecule has 0 aliphatic carbocycles. The molecule has 0 radical (unpaired) electrons. The fourth-order valence-electron chi connectivity index (χ4n) is 2.54. The van der Waals surface area contributed by atoms with E-state index in [0.717, 1.165) is 12.8 Å². The van der Waals surface area contributed by atoms with Crippen molar-refractivity contribution in [1.29, 1.82) is 0 Å². The van der Waals surface area contributed by atoms with Gasteiger partial charge >= 0.3 is 6.09 Å². The van der Waals surface area contributed by atoms with Crippen molar-refractivity contribution in [3.8, 4) is 0 Å². The van der Waals surface area contributed by atoms with Crippen molar-refractivity contribution >= 4 is 17.8 Å². The molecule has 1 aliphatic heterocycles. The number of carbonyl (C=O) groups excluding carboxylic acids is 3. The number of amides is 2. The lowest BCUT2D eigenvalue weighted by atomic mass is 10.1. The van der Waals surface area contributed by atoms with Crippen molar-refractivity contribution in [2.45, 2.75) is 64.5 Å². The maximum Gasteiger partial charge on any atom is 0.407 e. The van der Waals surface area contributed by atoms with Crippen LogP contribution in [0, 0.1) is 0 Å². The van der Waals surface area contributed by atoms with Crippen molar-refractivity contribution in [3.05, 3.63) is 12.7 Å². The van der Waals surface area contributed by atoms with Gasteiger partial charge in [-0.3, -0.25) is 9.59 Å². The molecule has 0 spiro atoms. The van der Waals surface area contributed by atoms with E-state index in [2.05, 4.69) is 11.9 Å². The molecule has 0 aromatic rings. The van der Waals surface area contributed by atoms with Crippen molar-refractivity contribution in [2.24, 2.45) is 0 Å². The second kappa shape index (κ2) is 8.70. The smallest absolute Gasteiger partial charge is 0.407 e. The van der Waals surface area contributed by atoms with E-state index in [9.17, 15) is 14.4 Å². The van der Waals surface area contributed by atoms with Crippen LogP contribution >= 0.6 is 0 Å². The Morgan fingerprint density at radius 2 is 2.00 bits per heavy atom. The summed E-state index contributed by atoms with van der Waals surface area (Å²) in [7, 11) is 0. The van der Waals surface area contributed by atoms with Gasteiger partial charge in [0.15, 0.2) is 5.78 Å². The van der Waals surface area contributed by atoms with E-state index in [0.29, 0.717) is 19.4 Å². The summed E-state index contributed by atoms with van der Waals surface area (Å²) in [4.78, 5) is 37.6. The molecule has 1 rings (SSSR count). The van der Waals surface area contributed by atoms with Crippen molar-refractivity contribution in [3.63, 3.8) is 0 Å². The van der Waals surface area contributed by atoms with Crippen LogP contribution in [0.5, 0.6) is 0 Å². The number of carbonyl (C=O) groups is 3. The van der Waals surface area contributed by atoms with Crippen LogP contribution in [0.4, 0.5) is 4.79 Å². The lowest BCUT2D eigenvalue weighted by Gasteiger charge is -2.24. The van der Waals surface area contributed by atoms with E-state index < -0.39 is 11.7 Å². The van der Waals surface area contributed by atoms with Gasteiger partial charge in [-0.25, -0.2) is 4.79 Å². The first-order valence-corrected chi connectivity index (χ1v) is 8.14. The van der Waals surface area contributed by atoms with Gasteiger partial charge in [0.05, 0.1) is 6.04 Å². The number of ether oxygens (including phenoxy) is 1. The molecule has 1 heterocycles. The Kier molecular flexibility index (Phi) is 7.26. The molecule has 0 aromatic carbocycles. The Morgan fingerprint density at radius 3 is 2.61 bits per heavy atom. The van der Waals surface area contributed by atoms with E-state index in [1.165, 1.54) is 0 Å². The molecule has 0 saturated carbocycles. The Hall–Kier alpha value is -1.85. The number of nitrogens with zero attached hydrogens (tertiary/aromatic N) is 1. The summed E-state index contributed by atoms with van der Waals surface area (Å²) in [6, 6.07) is -0.316. The van der Waals surface area contributed by atoms with Gasteiger partial charge in [-0.1, -0.05) is 6.08 Å². The van der Waals surface area contributed by atoms with E-state index in [1.54, 1.807) is 31.7 Å². The number of ketones is 1. The number of nitrogens with one attached hydrogen (secondary N) is 1. The van der Waals surface area contributed by atoms with Crippen molar-refractivity contribution < 1.29 is 19.1 Å². The average molecular weight is 324 g/mol. The maximum atomic E-state index is 12.3. The van der Waals surface area contributed by atoms with E-state index in [1.807, 2.05) is 0 Å². The lowest BCUT2D eigenvalue weighted by Crippen LogP contribution is -2.42. The Morgan fingerprint density at radius 1 is 1.30 bits per heavy atom. The lowest BCUT2D eigenvalue weighted by molar-refractivity contribution is -0.137. The highest BCUT2D eigenvalue weighted by atomic mass is 16.6. The molecular weight excluding hydrogens is 296 g/mol. The molecule has 130 valence electrons. The van der Waals surface area contributed by atoms with Gasteiger partial charge < -0.3 is 15.0 Å². The predicted octanol–water partition coefficient (Wildman–Crippen LogP) is 2.43. The second-order valence-corrected chi connectivity index (χ2v) is 6.72. The highest BCUT2D eigenvalue weighted by molar-refractivity contribution is 5.89. The van der Waals surface area contributed by atoms with Crippen LogP contribution in [-0.4, -0.2) is 47.4 Å². The number of hydrogen-bond donors (Lipinski definition) is 1. The van der Waals surface area contributed by atoms with E-state index in [4.69, 9.17) is 4.74 Å². The van der Waals surface area contributed by atoms with Crippen LogP contribution in [0.3, 0.4) is 0 Å². The normalized spacial score (nSPS) is 17.7. The fourth-order valence-corrected chi connectivity index (χ4v) is 2.54. The molecule has 6 nitrogen and oxygen atoms in total. The van der Waals surface area contributed by atoms with Gasteiger partial charge in [0, 0.05) is 25.9 Å². The van der Waals surface area contributed by atoms with Gasteiger partial charge in [-0.2, -0.15) is 0 Å². The highest BCUT2D eigenvalue weighted by Crippen LogP contribution is 2.20. The fraction of sp³-hybridized carbons (Fsp3) is 0.706. The number of rotatable bonds is 7. The van der Waals surface area contributed by atoms with Crippen LogP contribution in [0.15, 0.2) is 12.7 Å². The summed E-state index contributed by atoms with van der Waals surface area (Å²) in [6.45, 7) is 9.76. The average Bonchev–Trinajstić information content (AvgIpc) is 2.92. The Bertz CT molecular complexity index is 454. The number of allylic oxidation sites excluding steroid dienone is 1. The van der Waals surface area contributed by atoms with Gasteiger partial charge in [-0.15, -0.1) is 6.58 Å². The summed E-state index contributed by atoms with van der Waals surface area (Å²) in [6.07, 6.45) is 3.97. The largest absolute Gasteiger partial charge is 0.444 e. The van der Waals surface area contributed by atoms with Crippen LogP contribution in [-0.2, 0) is 14.3 Å². The van der Waals surface area contributed by atoms with Crippen LogP contribution in [0.2, 0.25) is 0 Å². The zero-order chi connectivity index (χ0) is 17.5. The van der Waals surface area contributed by atoms with Crippen molar-refractivity contribution in [2.75, 3.05) is 13.1 Å². The van der Waals surface area contributed by atoms with Crippen molar-refractivity contribution in [1.82, 2.24) is 10.2 Å². The molecule has 1 saturated heterocycles. The molecule has 6 heteroatoms. The molecule has 1 aliphatic rings. The predicted molar refractivity (Wildman–Crippen MR) is 88.0 cm³/mol. The maximum absolute atomic E-state index is 12.3. The van der Waals surface area contributed by atoms with Gasteiger partial charge in [0.2, 0.25) is 5.91 Å². The molecule has 0 bridgehead atoms. The third-order valence-corrected chi connectivity index (χ3v) is 3.55. The minimum Gasteiger partial charge on any atom is -0.444 e. The molecule has 1 atom stereocenters. The molecular formula is C17H28N2O4. The minimum absolute atomic E-state index is 0.0934. The highest BCUT2D eigenvalue weighted by Gasteiger charge is 2.32. The van der Waals surface area contributed by atoms with Crippen LogP contribution in [0.25, 0.3) is 0 Å². The SMILES string of the molecule is C=CCCC(=O)C1CCCN1C(=O)CCNC(=O)OC(C)(C)C. The summed E-state index contributed by atoms with van der Waals surface area (Å²) in [5.41, 5.74) is -0.564. The first-order chi connectivity index (χ1) is 10.7. The van der Waals surface area contributed by atoms with E-state index >= 15 is 0 Å². The summed E-state index contributed by atoms with van der Waals surface area (Å²) in [5.74, 6) is -0.00800. The zero-order valence-corrected chi connectivity index (χ0v) is 14.4. The Balaban J connectivity index is 2.40. The Labute approximate surface area is 138 Å². The summed E-state index contributed by atoms with van der Waals surface area (Å²) in [5, 5.41) is 2.57. The quantitative estimate of drug-likeness (QED) is 0.730. The molecule has 0 aromatic heterocycles. The number of likely N-dealkylation sites (tertiary alicyclic amines) is 1. The molecule has 1 unspecified atom stereocenters. The van der Waals surface area contributed by atoms with Gasteiger partial charge in [-0.05, 0) is 40.0 Å². The molecule has 1 N–H and O–H groups in total. The van der Waals surface area contributed by atoms with Crippen LogP contribution in [0.1, 0.15) is 52.9 Å². The zero-order valence-electron chi connectivity index (χ0n) is 14.4. The minimum atomic E-state index is -0.564. The summed E-state index contributed by atoms with van der Waals surface area (Å²) >= 11 is 0.